The number of hydrogen-bond donors (Lipinski definition) is 0. The zero-order valence-electron chi connectivity index (χ0n) is 9.59. The van der Waals surface area contributed by atoms with Crippen LogP contribution in [-0.4, -0.2) is 38.4 Å². The first-order valence-corrected chi connectivity index (χ1v) is 5.71. The molecule has 6 heteroatoms. The zero-order chi connectivity index (χ0) is 12.7. The average Bonchev–Trinajstić information content (AvgIpc) is 2.25. The molecule has 1 fully saturated rings. The number of ether oxygens (including phenoxy) is 2. The number of ketones is 1. The Morgan fingerprint density at radius 2 is 1.94 bits per heavy atom. The van der Waals surface area contributed by atoms with Crippen molar-refractivity contribution in [2.45, 2.75) is 31.9 Å². The molecule has 1 aliphatic heterocycles. The van der Waals surface area contributed by atoms with E-state index in [9.17, 15) is 18.0 Å². The lowest BCUT2D eigenvalue weighted by molar-refractivity contribution is -0.174. The molecule has 0 amide bonds. The van der Waals surface area contributed by atoms with Gasteiger partial charge in [-0.3, -0.25) is 4.79 Å². The van der Waals surface area contributed by atoms with Crippen LogP contribution in [0.4, 0.5) is 13.2 Å². The van der Waals surface area contributed by atoms with Crippen molar-refractivity contribution in [1.29, 1.82) is 0 Å². The second-order valence-electron chi connectivity index (χ2n) is 4.22. The molecular weight excluding hydrogens is 237 g/mol. The van der Waals surface area contributed by atoms with Crippen molar-refractivity contribution >= 4 is 5.78 Å². The lowest BCUT2D eigenvalue weighted by Crippen LogP contribution is -2.21. The molecule has 0 spiro atoms. The number of rotatable bonds is 6. The summed E-state index contributed by atoms with van der Waals surface area (Å²) in [4.78, 5) is 11.4. The van der Waals surface area contributed by atoms with Gasteiger partial charge in [-0.1, -0.05) is 0 Å². The largest absolute Gasteiger partial charge is 0.411 e. The summed E-state index contributed by atoms with van der Waals surface area (Å²) in [6, 6.07) is 0. The zero-order valence-corrected chi connectivity index (χ0v) is 9.59. The topological polar surface area (TPSA) is 35.5 Å². The molecule has 0 unspecified atom stereocenters. The highest BCUT2D eigenvalue weighted by Gasteiger charge is 2.27. The molecular formula is C11H17F3O3. The highest BCUT2D eigenvalue weighted by atomic mass is 19.4. The molecule has 0 aliphatic carbocycles. The maximum Gasteiger partial charge on any atom is 0.411 e. The van der Waals surface area contributed by atoms with Crippen LogP contribution in [0.25, 0.3) is 0 Å². The van der Waals surface area contributed by atoms with Crippen LogP contribution in [0.2, 0.25) is 0 Å². The Morgan fingerprint density at radius 1 is 1.29 bits per heavy atom. The highest BCUT2D eigenvalue weighted by Crippen LogP contribution is 2.19. The standard InChI is InChI=1S/C11H17F3O3/c12-11(13,14)8-17-6-3-10(15)7-9-1-4-16-5-2-9/h9H,1-8H2. The van der Waals surface area contributed by atoms with Crippen molar-refractivity contribution in [2.75, 3.05) is 26.4 Å². The van der Waals surface area contributed by atoms with Crippen molar-refractivity contribution in [3.8, 4) is 0 Å². The highest BCUT2D eigenvalue weighted by molar-refractivity contribution is 5.78. The number of hydrogen-bond acceptors (Lipinski definition) is 3. The van der Waals surface area contributed by atoms with Crippen LogP contribution in [0.5, 0.6) is 0 Å². The summed E-state index contributed by atoms with van der Waals surface area (Å²) in [5, 5.41) is 0. The fraction of sp³-hybridized carbons (Fsp3) is 0.909. The SMILES string of the molecule is O=C(CCOCC(F)(F)F)CC1CCOCC1. The lowest BCUT2D eigenvalue weighted by atomic mass is 9.93. The van der Waals surface area contributed by atoms with Crippen LogP contribution in [0, 0.1) is 5.92 Å². The third-order valence-electron chi connectivity index (χ3n) is 2.65. The molecule has 17 heavy (non-hydrogen) atoms. The van der Waals surface area contributed by atoms with E-state index in [-0.39, 0.29) is 18.8 Å². The van der Waals surface area contributed by atoms with Crippen LogP contribution in [0.15, 0.2) is 0 Å². The van der Waals surface area contributed by atoms with Gasteiger partial charge in [-0.25, -0.2) is 0 Å². The van der Waals surface area contributed by atoms with Crippen LogP contribution in [-0.2, 0) is 14.3 Å². The first-order chi connectivity index (χ1) is 7.97. The van der Waals surface area contributed by atoms with Gasteiger partial charge in [0.1, 0.15) is 12.4 Å². The molecule has 0 atom stereocenters. The summed E-state index contributed by atoms with van der Waals surface area (Å²) in [6.45, 7) is -0.0931. The summed E-state index contributed by atoms with van der Waals surface area (Å²) < 4.78 is 44.7. The van der Waals surface area contributed by atoms with Gasteiger partial charge in [0.15, 0.2) is 0 Å². The van der Waals surface area contributed by atoms with Gasteiger partial charge < -0.3 is 9.47 Å². The van der Waals surface area contributed by atoms with Gasteiger partial charge in [-0.2, -0.15) is 13.2 Å². The molecule has 0 aromatic rings. The molecule has 1 aliphatic rings. The number of halogens is 3. The Kier molecular flexibility index (Phi) is 5.91. The number of carbonyl (C=O) groups excluding carboxylic acids is 1. The van der Waals surface area contributed by atoms with Crippen molar-refractivity contribution < 1.29 is 27.4 Å². The van der Waals surface area contributed by atoms with Gasteiger partial charge >= 0.3 is 6.18 Å². The summed E-state index contributed by atoms with van der Waals surface area (Å²) in [7, 11) is 0. The van der Waals surface area contributed by atoms with Crippen LogP contribution >= 0.6 is 0 Å². The van der Waals surface area contributed by atoms with E-state index in [1.807, 2.05) is 0 Å². The van der Waals surface area contributed by atoms with Crippen LogP contribution < -0.4 is 0 Å². The summed E-state index contributed by atoms with van der Waals surface area (Å²) in [6.07, 6.45) is -2.11. The molecule has 0 aromatic carbocycles. The minimum atomic E-state index is -4.32. The molecule has 1 saturated heterocycles. The van der Waals surface area contributed by atoms with Gasteiger partial charge in [0.05, 0.1) is 6.61 Å². The molecule has 0 aromatic heterocycles. The average molecular weight is 254 g/mol. The van der Waals surface area contributed by atoms with E-state index in [2.05, 4.69) is 4.74 Å². The van der Waals surface area contributed by atoms with E-state index in [0.29, 0.717) is 25.6 Å². The quantitative estimate of drug-likeness (QED) is 0.682. The van der Waals surface area contributed by atoms with Crippen molar-refractivity contribution in [3.05, 3.63) is 0 Å². The number of alkyl halides is 3. The van der Waals surface area contributed by atoms with E-state index < -0.39 is 12.8 Å². The summed E-state index contributed by atoms with van der Waals surface area (Å²) >= 11 is 0. The van der Waals surface area contributed by atoms with E-state index in [1.54, 1.807) is 0 Å². The fourth-order valence-corrected chi connectivity index (χ4v) is 1.75. The Morgan fingerprint density at radius 3 is 2.53 bits per heavy atom. The first kappa shape index (κ1) is 14.4. The lowest BCUT2D eigenvalue weighted by Gasteiger charge is -2.21. The molecule has 100 valence electrons. The van der Waals surface area contributed by atoms with E-state index >= 15 is 0 Å². The molecule has 3 nitrogen and oxygen atoms in total. The minimum Gasteiger partial charge on any atom is -0.381 e. The van der Waals surface area contributed by atoms with Gasteiger partial charge in [0.25, 0.3) is 0 Å². The molecule has 1 rings (SSSR count). The molecule has 0 bridgehead atoms. The normalized spacial score (nSPS) is 18.3. The van der Waals surface area contributed by atoms with Crippen LogP contribution in [0.3, 0.4) is 0 Å². The first-order valence-electron chi connectivity index (χ1n) is 5.71. The summed E-state index contributed by atoms with van der Waals surface area (Å²) in [5.74, 6) is 0.290. The second-order valence-corrected chi connectivity index (χ2v) is 4.22. The second kappa shape index (κ2) is 6.96. The monoisotopic (exact) mass is 254 g/mol. The Labute approximate surface area is 98.3 Å². The smallest absolute Gasteiger partial charge is 0.381 e. The van der Waals surface area contributed by atoms with Gasteiger partial charge in [0.2, 0.25) is 0 Å². The van der Waals surface area contributed by atoms with Crippen molar-refractivity contribution in [3.63, 3.8) is 0 Å². The molecule has 0 N–H and O–H groups in total. The van der Waals surface area contributed by atoms with E-state index in [1.165, 1.54) is 0 Å². The molecule has 1 heterocycles. The van der Waals surface area contributed by atoms with E-state index in [0.717, 1.165) is 12.8 Å². The van der Waals surface area contributed by atoms with Crippen molar-refractivity contribution in [1.82, 2.24) is 0 Å². The van der Waals surface area contributed by atoms with E-state index in [4.69, 9.17) is 4.74 Å². The molecule has 0 saturated carbocycles. The Hall–Kier alpha value is -0.620. The third-order valence-corrected chi connectivity index (χ3v) is 2.65. The Bertz CT molecular complexity index is 235. The van der Waals surface area contributed by atoms with Crippen LogP contribution in [0.1, 0.15) is 25.7 Å². The predicted molar refractivity (Wildman–Crippen MR) is 54.7 cm³/mol. The van der Waals surface area contributed by atoms with Gasteiger partial charge in [0, 0.05) is 26.1 Å². The maximum atomic E-state index is 11.7. The van der Waals surface area contributed by atoms with Gasteiger partial charge in [-0.15, -0.1) is 0 Å². The summed E-state index contributed by atoms with van der Waals surface area (Å²) in [5.41, 5.74) is 0. The number of carbonyl (C=O) groups is 1. The van der Waals surface area contributed by atoms with Gasteiger partial charge in [-0.05, 0) is 18.8 Å². The Balaban J connectivity index is 2.04. The minimum absolute atomic E-state index is 0.0286. The predicted octanol–water partition coefficient (Wildman–Crippen LogP) is 2.34. The van der Waals surface area contributed by atoms with Crippen molar-refractivity contribution in [2.24, 2.45) is 5.92 Å². The molecule has 0 radical (unpaired) electrons. The maximum absolute atomic E-state index is 11.7. The number of Topliss-reactive ketones (excluding diaryl/α,β-unsaturated/α-hetero) is 1. The third kappa shape index (κ3) is 7.33. The fourth-order valence-electron chi connectivity index (χ4n) is 1.75.